The summed E-state index contributed by atoms with van der Waals surface area (Å²) in [4.78, 5) is 0. The fourth-order valence-electron chi connectivity index (χ4n) is 1.56. The molecular weight excluding hydrogens is 297 g/mol. The molecule has 0 amide bonds. The zero-order chi connectivity index (χ0) is 14.4. The van der Waals surface area contributed by atoms with Gasteiger partial charge in [0.1, 0.15) is 24.7 Å². The van der Waals surface area contributed by atoms with Crippen LogP contribution in [0.2, 0.25) is 10.0 Å². The maximum atomic E-state index is 8.74. The van der Waals surface area contributed by atoms with E-state index in [1.165, 1.54) is 0 Å². The van der Waals surface area contributed by atoms with Crippen molar-refractivity contribution in [2.45, 2.75) is 0 Å². The molecule has 0 saturated heterocycles. The first-order valence-corrected chi connectivity index (χ1v) is 6.65. The Morgan fingerprint density at radius 1 is 1.00 bits per heavy atom. The Labute approximate surface area is 127 Å². The fourth-order valence-corrected chi connectivity index (χ4v) is 1.97. The first-order chi connectivity index (χ1) is 9.69. The van der Waals surface area contributed by atoms with Crippen molar-refractivity contribution in [1.82, 2.24) is 0 Å². The molecule has 0 unspecified atom stereocenters. The van der Waals surface area contributed by atoms with Crippen molar-refractivity contribution in [3.05, 3.63) is 58.1 Å². The highest BCUT2D eigenvalue weighted by Crippen LogP contribution is 2.25. The van der Waals surface area contributed by atoms with Gasteiger partial charge >= 0.3 is 0 Å². The number of ether oxygens (including phenoxy) is 2. The van der Waals surface area contributed by atoms with Gasteiger partial charge < -0.3 is 9.47 Å². The standard InChI is InChI=1S/C15H11Cl2NO2/c16-12-2-1-3-13(9-12)19-6-7-20-15-5-4-11(10-18)8-14(15)17/h1-5,8-9H,6-7H2. The van der Waals surface area contributed by atoms with E-state index in [1.54, 1.807) is 30.3 Å². The molecule has 0 saturated carbocycles. The average molecular weight is 308 g/mol. The summed E-state index contributed by atoms with van der Waals surface area (Å²) in [6.07, 6.45) is 0. The number of halogens is 2. The zero-order valence-electron chi connectivity index (χ0n) is 10.5. The van der Waals surface area contributed by atoms with Crippen molar-refractivity contribution in [2.24, 2.45) is 0 Å². The lowest BCUT2D eigenvalue weighted by molar-refractivity contribution is 0.217. The Kier molecular flexibility index (Phi) is 5.11. The zero-order valence-corrected chi connectivity index (χ0v) is 12.0. The van der Waals surface area contributed by atoms with Crippen molar-refractivity contribution in [2.75, 3.05) is 13.2 Å². The topological polar surface area (TPSA) is 42.2 Å². The Morgan fingerprint density at radius 2 is 1.80 bits per heavy atom. The van der Waals surface area contributed by atoms with Crippen LogP contribution in [0.1, 0.15) is 5.56 Å². The van der Waals surface area contributed by atoms with Crippen molar-refractivity contribution in [3.8, 4) is 17.6 Å². The highest BCUT2D eigenvalue weighted by Gasteiger charge is 2.03. The second kappa shape index (κ2) is 7.04. The van der Waals surface area contributed by atoms with Gasteiger partial charge in [0, 0.05) is 5.02 Å². The Bertz CT molecular complexity index is 638. The number of rotatable bonds is 5. The predicted molar refractivity (Wildman–Crippen MR) is 78.6 cm³/mol. The molecular formula is C15H11Cl2NO2. The Morgan fingerprint density at radius 3 is 2.50 bits per heavy atom. The first-order valence-electron chi connectivity index (χ1n) is 5.90. The van der Waals surface area contributed by atoms with Crippen molar-refractivity contribution < 1.29 is 9.47 Å². The van der Waals surface area contributed by atoms with Crippen LogP contribution in [0, 0.1) is 11.3 Å². The molecule has 2 rings (SSSR count). The fraction of sp³-hybridized carbons (Fsp3) is 0.133. The molecule has 0 aliphatic carbocycles. The lowest BCUT2D eigenvalue weighted by Gasteiger charge is -2.09. The quantitative estimate of drug-likeness (QED) is 0.772. The largest absolute Gasteiger partial charge is 0.490 e. The molecule has 0 N–H and O–H groups in total. The highest BCUT2D eigenvalue weighted by atomic mass is 35.5. The van der Waals surface area contributed by atoms with Crippen LogP contribution in [-0.2, 0) is 0 Å². The van der Waals surface area contributed by atoms with E-state index in [1.807, 2.05) is 18.2 Å². The van der Waals surface area contributed by atoms with E-state index in [4.69, 9.17) is 37.9 Å². The van der Waals surface area contributed by atoms with Crippen LogP contribution < -0.4 is 9.47 Å². The molecule has 102 valence electrons. The summed E-state index contributed by atoms with van der Waals surface area (Å²) in [6, 6.07) is 14.0. The highest BCUT2D eigenvalue weighted by molar-refractivity contribution is 6.32. The van der Waals surface area contributed by atoms with Crippen LogP contribution in [0.3, 0.4) is 0 Å². The molecule has 0 aliphatic heterocycles. The second-order valence-corrected chi connectivity index (χ2v) is 4.75. The molecule has 2 aromatic rings. The van der Waals surface area contributed by atoms with E-state index < -0.39 is 0 Å². The molecule has 0 heterocycles. The summed E-state index contributed by atoms with van der Waals surface area (Å²) in [5.74, 6) is 1.22. The molecule has 2 aromatic carbocycles. The van der Waals surface area contributed by atoms with Gasteiger partial charge in [0.05, 0.1) is 16.7 Å². The third-order valence-electron chi connectivity index (χ3n) is 2.47. The molecule has 5 heteroatoms. The summed E-state index contributed by atoms with van der Waals surface area (Å²) in [5.41, 5.74) is 0.498. The molecule has 0 aliphatic rings. The minimum atomic E-state index is 0.345. The number of nitriles is 1. The van der Waals surface area contributed by atoms with E-state index in [-0.39, 0.29) is 0 Å². The summed E-state index contributed by atoms with van der Waals surface area (Å²) in [5, 5.41) is 9.77. The van der Waals surface area contributed by atoms with Crippen LogP contribution in [0.25, 0.3) is 0 Å². The maximum Gasteiger partial charge on any atom is 0.138 e. The lowest BCUT2D eigenvalue weighted by Crippen LogP contribution is -2.09. The number of hydrogen-bond acceptors (Lipinski definition) is 3. The molecule has 3 nitrogen and oxygen atoms in total. The number of nitrogens with zero attached hydrogens (tertiary/aromatic N) is 1. The van der Waals surface area contributed by atoms with Gasteiger partial charge in [-0.25, -0.2) is 0 Å². The summed E-state index contributed by atoms with van der Waals surface area (Å²) >= 11 is 11.8. The molecule has 0 fully saturated rings. The Hall–Kier alpha value is -1.89. The van der Waals surface area contributed by atoms with Crippen LogP contribution in [0.15, 0.2) is 42.5 Å². The summed E-state index contributed by atoms with van der Waals surface area (Å²) in [7, 11) is 0. The summed E-state index contributed by atoms with van der Waals surface area (Å²) < 4.78 is 11.0. The minimum absolute atomic E-state index is 0.345. The SMILES string of the molecule is N#Cc1ccc(OCCOc2cccc(Cl)c2)c(Cl)c1. The van der Waals surface area contributed by atoms with Crippen LogP contribution >= 0.6 is 23.2 Å². The van der Waals surface area contributed by atoms with E-state index in [2.05, 4.69) is 0 Å². The number of benzene rings is 2. The van der Waals surface area contributed by atoms with Gasteiger partial charge in [-0.1, -0.05) is 29.3 Å². The molecule has 20 heavy (non-hydrogen) atoms. The molecule has 0 radical (unpaired) electrons. The second-order valence-electron chi connectivity index (χ2n) is 3.91. The van der Waals surface area contributed by atoms with Gasteiger partial charge in [0.15, 0.2) is 0 Å². The van der Waals surface area contributed by atoms with E-state index >= 15 is 0 Å². The van der Waals surface area contributed by atoms with Gasteiger partial charge in [-0.3, -0.25) is 0 Å². The lowest BCUT2D eigenvalue weighted by atomic mass is 10.2. The van der Waals surface area contributed by atoms with E-state index in [0.717, 1.165) is 0 Å². The van der Waals surface area contributed by atoms with Crippen molar-refractivity contribution >= 4 is 23.2 Å². The smallest absolute Gasteiger partial charge is 0.138 e. The van der Waals surface area contributed by atoms with Crippen LogP contribution in [0.4, 0.5) is 0 Å². The van der Waals surface area contributed by atoms with Gasteiger partial charge in [-0.15, -0.1) is 0 Å². The average Bonchev–Trinajstić information content (AvgIpc) is 2.45. The van der Waals surface area contributed by atoms with Gasteiger partial charge in [0.2, 0.25) is 0 Å². The van der Waals surface area contributed by atoms with Crippen LogP contribution in [0.5, 0.6) is 11.5 Å². The molecule has 0 aromatic heterocycles. The van der Waals surface area contributed by atoms with Crippen molar-refractivity contribution in [1.29, 1.82) is 5.26 Å². The Balaban J connectivity index is 1.83. The van der Waals surface area contributed by atoms with Gasteiger partial charge in [-0.05, 0) is 36.4 Å². The van der Waals surface area contributed by atoms with Crippen LogP contribution in [-0.4, -0.2) is 13.2 Å². The third kappa shape index (κ3) is 4.06. The predicted octanol–water partition coefficient (Wildman–Crippen LogP) is 4.32. The summed E-state index contributed by atoms with van der Waals surface area (Å²) in [6.45, 7) is 0.717. The molecule has 0 bridgehead atoms. The third-order valence-corrected chi connectivity index (χ3v) is 3.00. The molecule has 0 spiro atoms. The number of hydrogen-bond donors (Lipinski definition) is 0. The maximum absolute atomic E-state index is 8.74. The van der Waals surface area contributed by atoms with Gasteiger partial charge in [-0.2, -0.15) is 5.26 Å². The van der Waals surface area contributed by atoms with E-state index in [0.29, 0.717) is 40.3 Å². The normalized spacial score (nSPS) is 9.85. The van der Waals surface area contributed by atoms with Gasteiger partial charge in [0.25, 0.3) is 0 Å². The minimum Gasteiger partial charge on any atom is -0.490 e. The molecule has 0 atom stereocenters. The van der Waals surface area contributed by atoms with Crippen molar-refractivity contribution in [3.63, 3.8) is 0 Å². The van der Waals surface area contributed by atoms with E-state index in [9.17, 15) is 0 Å². The first kappa shape index (κ1) is 14.5. The monoisotopic (exact) mass is 307 g/mol.